The van der Waals surface area contributed by atoms with Crippen LogP contribution in [0.15, 0.2) is 77.7 Å². The molecule has 0 aromatic heterocycles. The Morgan fingerprint density at radius 3 is 2.37 bits per heavy atom. The Morgan fingerprint density at radius 1 is 0.933 bits per heavy atom. The Balaban J connectivity index is 1.54. The van der Waals surface area contributed by atoms with E-state index < -0.39 is 10.0 Å². The fraction of sp³-hybridized carbons (Fsp3) is 0.174. The van der Waals surface area contributed by atoms with Gasteiger partial charge in [-0.2, -0.15) is 0 Å². The summed E-state index contributed by atoms with van der Waals surface area (Å²) in [5, 5.41) is 2.79. The number of hydrogen-bond acceptors (Lipinski definition) is 4. The minimum atomic E-state index is -3.71. The molecule has 1 amide bonds. The van der Waals surface area contributed by atoms with Gasteiger partial charge in [0.1, 0.15) is 5.75 Å². The summed E-state index contributed by atoms with van der Waals surface area (Å²) in [5.74, 6) is 0.157. The van der Waals surface area contributed by atoms with E-state index in [2.05, 4.69) is 10.0 Å². The highest BCUT2D eigenvalue weighted by Gasteiger charge is 2.15. The van der Waals surface area contributed by atoms with Gasteiger partial charge < -0.3 is 10.1 Å². The van der Waals surface area contributed by atoms with Crippen molar-refractivity contribution >= 4 is 21.6 Å². The third-order valence-electron chi connectivity index (χ3n) is 4.47. The first-order valence-electron chi connectivity index (χ1n) is 9.47. The third-order valence-corrected chi connectivity index (χ3v) is 5.85. The van der Waals surface area contributed by atoms with Gasteiger partial charge in [-0.15, -0.1) is 0 Å². The number of anilines is 1. The predicted octanol–water partition coefficient (Wildman–Crippen LogP) is 3.80. The van der Waals surface area contributed by atoms with Crippen LogP contribution in [0.25, 0.3) is 0 Å². The molecule has 0 unspecified atom stereocenters. The molecule has 0 fully saturated rings. The van der Waals surface area contributed by atoms with E-state index in [1.165, 1.54) is 24.3 Å². The van der Waals surface area contributed by atoms with Gasteiger partial charge in [0.05, 0.1) is 10.6 Å². The number of carbonyl (C=O) groups excluding carboxylic acids is 1. The van der Waals surface area contributed by atoms with Gasteiger partial charge in [-0.3, -0.25) is 9.52 Å². The Bertz CT molecular complexity index is 1130. The van der Waals surface area contributed by atoms with E-state index in [0.717, 1.165) is 16.7 Å². The maximum absolute atomic E-state index is 12.6. The molecule has 0 saturated carbocycles. The number of benzene rings is 3. The van der Waals surface area contributed by atoms with Crippen molar-refractivity contribution in [3.63, 3.8) is 0 Å². The molecular weight excluding hydrogens is 400 g/mol. The number of hydrogen-bond donors (Lipinski definition) is 2. The highest BCUT2D eigenvalue weighted by molar-refractivity contribution is 7.92. The summed E-state index contributed by atoms with van der Waals surface area (Å²) in [7, 11) is -3.71. The standard InChI is InChI=1S/C23H24N2O4S/c1-17-6-5-8-19(14-17)15-24-23(26)16-29-20-10-12-21(13-11-20)30(27,28)25-22-9-4-3-7-18(22)2/h3-14,25H,15-16H2,1-2H3,(H,24,26). The molecule has 0 aliphatic rings. The van der Waals surface area contributed by atoms with Gasteiger partial charge in [-0.25, -0.2) is 8.42 Å². The topological polar surface area (TPSA) is 84.5 Å². The number of rotatable bonds is 8. The molecule has 0 aliphatic carbocycles. The minimum absolute atomic E-state index is 0.113. The molecule has 6 nitrogen and oxygen atoms in total. The van der Waals surface area contributed by atoms with E-state index in [4.69, 9.17) is 4.74 Å². The number of carbonyl (C=O) groups is 1. The van der Waals surface area contributed by atoms with Crippen LogP contribution in [0.1, 0.15) is 16.7 Å². The van der Waals surface area contributed by atoms with Gasteiger partial charge in [0.25, 0.3) is 15.9 Å². The average molecular weight is 425 g/mol. The van der Waals surface area contributed by atoms with Crippen molar-refractivity contribution in [3.8, 4) is 5.75 Å². The van der Waals surface area contributed by atoms with E-state index >= 15 is 0 Å². The highest BCUT2D eigenvalue weighted by atomic mass is 32.2. The van der Waals surface area contributed by atoms with Crippen LogP contribution in [0.3, 0.4) is 0 Å². The zero-order chi connectivity index (χ0) is 21.6. The number of para-hydroxylation sites is 1. The molecule has 0 aliphatic heterocycles. The molecule has 7 heteroatoms. The molecule has 0 spiro atoms. The molecule has 156 valence electrons. The Hall–Kier alpha value is -3.32. The van der Waals surface area contributed by atoms with Crippen LogP contribution in [-0.4, -0.2) is 20.9 Å². The fourth-order valence-corrected chi connectivity index (χ4v) is 3.96. The largest absolute Gasteiger partial charge is 0.484 e. The second kappa shape index (κ2) is 9.45. The molecule has 0 bridgehead atoms. The average Bonchev–Trinajstić information content (AvgIpc) is 2.73. The first kappa shape index (κ1) is 21.4. The van der Waals surface area contributed by atoms with Gasteiger partial charge in [-0.1, -0.05) is 48.0 Å². The summed E-state index contributed by atoms with van der Waals surface area (Å²) in [6.07, 6.45) is 0. The highest BCUT2D eigenvalue weighted by Crippen LogP contribution is 2.21. The summed E-state index contributed by atoms with van der Waals surface area (Å²) < 4.78 is 33.2. The van der Waals surface area contributed by atoms with E-state index in [0.29, 0.717) is 18.0 Å². The monoisotopic (exact) mass is 424 g/mol. The van der Waals surface area contributed by atoms with Crippen molar-refractivity contribution in [2.75, 3.05) is 11.3 Å². The molecule has 3 aromatic rings. The molecule has 0 radical (unpaired) electrons. The number of sulfonamides is 1. The van der Waals surface area contributed by atoms with Crippen molar-refractivity contribution in [3.05, 3.63) is 89.5 Å². The van der Waals surface area contributed by atoms with Gasteiger partial charge in [-0.05, 0) is 55.3 Å². The fourth-order valence-electron chi connectivity index (χ4n) is 2.83. The molecule has 3 aromatic carbocycles. The zero-order valence-electron chi connectivity index (χ0n) is 16.9. The molecule has 0 saturated heterocycles. The maximum Gasteiger partial charge on any atom is 0.261 e. The first-order valence-corrected chi connectivity index (χ1v) is 11.0. The Labute approximate surface area is 177 Å². The molecule has 30 heavy (non-hydrogen) atoms. The smallest absolute Gasteiger partial charge is 0.261 e. The first-order chi connectivity index (χ1) is 14.3. The van der Waals surface area contributed by atoms with Crippen LogP contribution >= 0.6 is 0 Å². The van der Waals surface area contributed by atoms with Crippen molar-refractivity contribution in [2.24, 2.45) is 0 Å². The number of amides is 1. The summed E-state index contributed by atoms with van der Waals surface area (Å²) >= 11 is 0. The summed E-state index contributed by atoms with van der Waals surface area (Å²) in [4.78, 5) is 12.1. The predicted molar refractivity (Wildman–Crippen MR) is 117 cm³/mol. The number of aryl methyl sites for hydroxylation is 2. The van der Waals surface area contributed by atoms with Gasteiger partial charge in [0.2, 0.25) is 0 Å². The molecule has 0 atom stereocenters. The van der Waals surface area contributed by atoms with E-state index in [1.54, 1.807) is 12.1 Å². The molecule has 3 rings (SSSR count). The SMILES string of the molecule is Cc1cccc(CNC(=O)COc2ccc(S(=O)(=O)Nc3ccccc3C)cc2)c1. The van der Waals surface area contributed by atoms with Crippen molar-refractivity contribution < 1.29 is 17.9 Å². The van der Waals surface area contributed by atoms with Gasteiger partial charge >= 0.3 is 0 Å². The van der Waals surface area contributed by atoms with Crippen LogP contribution in [0.2, 0.25) is 0 Å². The van der Waals surface area contributed by atoms with Crippen molar-refractivity contribution in [2.45, 2.75) is 25.3 Å². The van der Waals surface area contributed by atoms with E-state index in [9.17, 15) is 13.2 Å². The van der Waals surface area contributed by atoms with Crippen molar-refractivity contribution in [1.29, 1.82) is 0 Å². The lowest BCUT2D eigenvalue weighted by Crippen LogP contribution is -2.28. The minimum Gasteiger partial charge on any atom is -0.484 e. The van der Waals surface area contributed by atoms with Crippen LogP contribution in [0.5, 0.6) is 5.75 Å². The molecule has 2 N–H and O–H groups in total. The lowest BCUT2D eigenvalue weighted by atomic mass is 10.1. The third kappa shape index (κ3) is 5.84. The second-order valence-electron chi connectivity index (χ2n) is 6.95. The maximum atomic E-state index is 12.6. The quantitative estimate of drug-likeness (QED) is 0.576. The van der Waals surface area contributed by atoms with Crippen LogP contribution < -0.4 is 14.8 Å². The van der Waals surface area contributed by atoms with E-state index in [1.807, 2.05) is 50.2 Å². The normalized spacial score (nSPS) is 11.0. The van der Waals surface area contributed by atoms with Crippen LogP contribution in [0.4, 0.5) is 5.69 Å². The Morgan fingerprint density at radius 2 is 1.67 bits per heavy atom. The van der Waals surface area contributed by atoms with Crippen LogP contribution in [-0.2, 0) is 21.4 Å². The number of nitrogens with one attached hydrogen (secondary N) is 2. The number of ether oxygens (including phenoxy) is 1. The van der Waals surface area contributed by atoms with Gasteiger partial charge in [0.15, 0.2) is 6.61 Å². The van der Waals surface area contributed by atoms with E-state index in [-0.39, 0.29) is 17.4 Å². The van der Waals surface area contributed by atoms with Gasteiger partial charge in [0, 0.05) is 6.54 Å². The summed E-state index contributed by atoms with van der Waals surface area (Å²) in [6, 6.07) is 21.0. The summed E-state index contributed by atoms with van der Waals surface area (Å²) in [6.45, 7) is 4.10. The lowest BCUT2D eigenvalue weighted by Gasteiger charge is -2.11. The molecular formula is C23H24N2O4S. The van der Waals surface area contributed by atoms with Crippen LogP contribution in [0, 0.1) is 13.8 Å². The molecule has 0 heterocycles. The Kier molecular flexibility index (Phi) is 6.74. The van der Waals surface area contributed by atoms with Crippen molar-refractivity contribution in [1.82, 2.24) is 5.32 Å². The lowest BCUT2D eigenvalue weighted by molar-refractivity contribution is -0.123. The zero-order valence-corrected chi connectivity index (χ0v) is 17.7. The second-order valence-corrected chi connectivity index (χ2v) is 8.63. The summed E-state index contributed by atoms with van der Waals surface area (Å²) in [5.41, 5.74) is 3.50.